The van der Waals surface area contributed by atoms with Crippen LogP contribution in [-0.2, 0) is 9.59 Å². The lowest BCUT2D eigenvalue weighted by Crippen LogP contribution is -2.47. The van der Waals surface area contributed by atoms with E-state index in [4.69, 9.17) is 0 Å². The molecule has 0 heterocycles. The summed E-state index contributed by atoms with van der Waals surface area (Å²) in [5.41, 5.74) is 0.828. The molecule has 1 aliphatic carbocycles. The zero-order valence-electron chi connectivity index (χ0n) is 15.5. The van der Waals surface area contributed by atoms with Crippen LogP contribution in [-0.4, -0.2) is 29.3 Å². The minimum Gasteiger partial charge on any atom is -0.351 e. The predicted molar refractivity (Wildman–Crippen MR) is 106 cm³/mol. The zero-order chi connectivity index (χ0) is 18.8. The topological polar surface area (TPSA) is 49.4 Å². The first-order chi connectivity index (χ1) is 12.7. The highest BCUT2D eigenvalue weighted by molar-refractivity contribution is 5.89. The van der Waals surface area contributed by atoms with Gasteiger partial charge in [-0.05, 0) is 24.8 Å². The summed E-state index contributed by atoms with van der Waals surface area (Å²) >= 11 is 0. The predicted octanol–water partition coefficient (Wildman–Crippen LogP) is 4.16. The van der Waals surface area contributed by atoms with Crippen LogP contribution in [0.3, 0.4) is 0 Å². The number of nitrogens with one attached hydrogen (secondary N) is 1. The van der Waals surface area contributed by atoms with Crippen molar-refractivity contribution in [3.63, 3.8) is 0 Å². The Balaban J connectivity index is 2.25. The Hall–Kier alpha value is -2.36. The Bertz CT molecular complexity index is 606. The van der Waals surface area contributed by atoms with E-state index < -0.39 is 6.04 Å². The van der Waals surface area contributed by atoms with Gasteiger partial charge in [-0.25, -0.2) is 0 Å². The van der Waals surface area contributed by atoms with E-state index in [0.717, 1.165) is 31.2 Å². The van der Waals surface area contributed by atoms with Crippen molar-refractivity contribution >= 4 is 11.8 Å². The second kappa shape index (κ2) is 10.6. The minimum atomic E-state index is -0.631. The third-order valence-corrected chi connectivity index (χ3v) is 4.84. The lowest BCUT2D eigenvalue weighted by atomic mass is 9.94. The molecule has 0 spiro atoms. The average molecular weight is 354 g/mol. The largest absolute Gasteiger partial charge is 0.351 e. The first-order valence-corrected chi connectivity index (χ1v) is 9.54. The molecule has 4 heteroatoms. The van der Waals surface area contributed by atoms with Crippen molar-refractivity contribution in [2.75, 3.05) is 6.54 Å². The Morgan fingerprint density at radius 1 is 1.12 bits per heavy atom. The number of benzene rings is 1. The first-order valence-electron chi connectivity index (χ1n) is 9.54. The van der Waals surface area contributed by atoms with Crippen LogP contribution in [0.25, 0.3) is 0 Å². The molecule has 26 heavy (non-hydrogen) atoms. The SMILES string of the molecule is C=CCCC(=O)N(CC=C)[C@H](C(=O)NC1CCCCC1)c1ccccc1. The molecule has 1 fully saturated rings. The molecule has 0 radical (unpaired) electrons. The number of allylic oxidation sites excluding steroid dienone is 1. The number of nitrogens with zero attached hydrogens (tertiary/aromatic N) is 1. The van der Waals surface area contributed by atoms with E-state index >= 15 is 0 Å². The van der Waals surface area contributed by atoms with E-state index in [1.165, 1.54) is 6.42 Å². The fourth-order valence-corrected chi connectivity index (χ4v) is 3.49. The number of rotatable bonds is 9. The van der Waals surface area contributed by atoms with Crippen molar-refractivity contribution in [3.05, 3.63) is 61.2 Å². The van der Waals surface area contributed by atoms with Crippen LogP contribution in [0.15, 0.2) is 55.6 Å². The van der Waals surface area contributed by atoms with Crippen molar-refractivity contribution in [2.24, 2.45) is 0 Å². The van der Waals surface area contributed by atoms with Crippen molar-refractivity contribution in [1.29, 1.82) is 0 Å². The maximum atomic E-state index is 13.1. The van der Waals surface area contributed by atoms with Crippen LogP contribution in [0.4, 0.5) is 0 Å². The zero-order valence-corrected chi connectivity index (χ0v) is 15.5. The number of carbonyl (C=O) groups excluding carboxylic acids is 2. The number of amides is 2. The molecule has 1 aliphatic rings. The molecular weight excluding hydrogens is 324 g/mol. The van der Waals surface area contributed by atoms with Crippen molar-refractivity contribution in [3.8, 4) is 0 Å². The third-order valence-electron chi connectivity index (χ3n) is 4.84. The minimum absolute atomic E-state index is 0.0579. The van der Waals surface area contributed by atoms with Gasteiger partial charge in [0.1, 0.15) is 6.04 Å². The fraction of sp³-hybridized carbons (Fsp3) is 0.455. The highest BCUT2D eigenvalue weighted by atomic mass is 16.2. The molecule has 2 amide bonds. The number of hydrogen-bond donors (Lipinski definition) is 1. The van der Waals surface area contributed by atoms with Crippen LogP contribution in [0.1, 0.15) is 56.6 Å². The molecule has 1 atom stereocenters. The number of carbonyl (C=O) groups is 2. The standard InChI is InChI=1S/C22H30N2O2/c1-3-5-16-20(25)24(17-4-2)21(18-12-8-6-9-13-18)22(26)23-19-14-10-7-11-15-19/h3-4,6,8-9,12-13,19,21H,1-2,5,7,10-11,14-17H2,(H,23,26)/t21-/m0/s1. The maximum Gasteiger partial charge on any atom is 0.247 e. The second-order valence-electron chi connectivity index (χ2n) is 6.82. The van der Waals surface area contributed by atoms with Crippen LogP contribution >= 0.6 is 0 Å². The van der Waals surface area contributed by atoms with Crippen LogP contribution in [0.5, 0.6) is 0 Å². The van der Waals surface area contributed by atoms with Gasteiger partial charge in [0.2, 0.25) is 11.8 Å². The summed E-state index contributed by atoms with van der Waals surface area (Å²) in [6.07, 6.45) is 9.90. The lowest BCUT2D eigenvalue weighted by Gasteiger charge is -2.32. The van der Waals surface area contributed by atoms with E-state index in [2.05, 4.69) is 18.5 Å². The first kappa shape index (κ1) is 20.0. The van der Waals surface area contributed by atoms with E-state index in [9.17, 15) is 9.59 Å². The molecule has 2 rings (SSSR count). The molecule has 0 bridgehead atoms. The van der Waals surface area contributed by atoms with Gasteiger partial charge in [0.15, 0.2) is 0 Å². The molecule has 0 aliphatic heterocycles. The molecular formula is C22H30N2O2. The van der Waals surface area contributed by atoms with E-state index in [0.29, 0.717) is 19.4 Å². The number of hydrogen-bond acceptors (Lipinski definition) is 2. The van der Waals surface area contributed by atoms with Crippen LogP contribution in [0.2, 0.25) is 0 Å². The molecule has 1 saturated carbocycles. The van der Waals surface area contributed by atoms with Gasteiger partial charge in [0.05, 0.1) is 0 Å². The Labute approximate surface area is 157 Å². The van der Waals surface area contributed by atoms with E-state index in [1.807, 2.05) is 30.3 Å². The van der Waals surface area contributed by atoms with Crippen molar-refractivity contribution in [2.45, 2.75) is 57.0 Å². The molecule has 0 aromatic heterocycles. The molecule has 0 saturated heterocycles. The van der Waals surface area contributed by atoms with Gasteiger partial charge in [-0.15, -0.1) is 13.2 Å². The van der Waals surface area contributed by atoms with Gasteiger partial charge in [-0.1, -0.05) is 61.7 Å². The molecule has 1 aromatic carbocycles. The third kappa shape index (κ3) is 5.58. The molecule has 1 N–H and O–H groups in total. The van der Waals surface area contributed by atoms with Gasteiger partial charge >= 0.3 is 0 Å². The Morgan fingerprint density at radius 3 is 2.42 bits per heavy atom. The normalized spacial score (nSPS) is 15.7. The molecule has 0 unspecified atom stereocenters. The fourth-order valence-electron chi connectivity index (χ4n) is 3.49. The maximum absolute atomic E-state index is 13.1. The summed E-state index contributed by atoms with van der Waals surface area (Å²) < 4.78 is 0. The van der Waals surface area contributed by atoms with Crippen LogP contribution in [0, 0.1) is 0 Å². The smallest absolute Gasteiger partial charge is 0.247 e. The van der Waals surface area contributed by atoms with Gasteiger partial charge < -0.3 is 10.2 Å². The monoisotopic (exact) mass is 354 g/mol. The highest BCUT2D eigenvalue weighted by Gasteiger charge is 2.31. The van der Waals surface area contributed by atoms with Gasteiger partial charge in [-0.3, -0.25) is 9.59 Å². The summed E-state index contributed by atoms with van der Waals surface area (Å²) in [6, 6.07) is 9.10. The summed E-state index contributed by atoms with van der Waals surface area (Å²) in [5, 5.41) is 3.18. The highest BCUT2D eigenvalue weighted by Crippen LogP contribution is 2.24. The van der Waals surface area contributed by atoms with Gasteiger partial charge in [0, 0.05) is 19.0 Å². The Morgan fingerprint density at radius 2 is 1.81 bits per heavy atom. The molecule has 4 nitrogen and oxygen atoms in total. The Kier molecular flexibility index (Phi) is 8.13. The van der Waals surface area contributed by atoms with Gasteiger partial charge in [0.25, 0.3) is 0 Å². The van der Waals surface area contributed by atoms with Crippen LogP contribution < -0.4 is 5.32 Å². The van der Waals surface area contributed by atoms with E-state index in [1.54, 1.807) is 17.1 Å². The summed E-state index contributed by atoms with van der Waals surface area (Å²) in [6.45, 7) is 7.79. The molecule has 140 valence electrons. The summed E-state index contributed by atoms with van der Waals surface area (Å²) in [5.74, 6) is -0.158. The quantitative estimate of drug-likeness (QED) is 0.677. The lowest BCUT2D eigenvalue weighted by molar-refractivity contribution is -0.140. The van der Waals surface area contributed by atoms with Crippen molar-refractivity contribution < 1.29 is 9.59 Å². The van der Waals surface area contributed by atoms with Gasteiger partial charge in [-0.2, -0.15) is 0 Å². The average Bonchev–Trinajstić information content (AvgIpc) is 2.67. The summed E-state index contributed by atoms with van der Waals surface area (Å²) in [7, 11) is 0. The molecule has 1 aromatic rings. The van der Waals surface area contributed by atoms with Crippen molar-refractivity contribution in [1.82, 2.24) is 10.2 Å². The van der Waals surface area contributed by atoms with E-state index in [-0.39, 0.29) is 17.9 Å². The summed E-state index contributed by atoms with van der Waals surface area (Å²) in [4.78, 5) is 27.5. The second-order valence-corrected chi connectivity index (χ2v) is 6.82.